The molecule has 0 radical (unpaired) electrons. The van der Waals surface area contributed by atoms with E-state index in [-0.39, 0.29) is 12.2 Å². The first-order chi connectivity index (χ1) is 8.99. The van der Waals surface area contributed by atoms with Gasteiger partial charge in [-0.25, -0.2) is 4.39 Å². The quantitative estimate of drug-likeness (QED) is 0.755. The van der Waals surface area contributed by atoms with Crippen LogP contribution in [0.15, 0.2) is 36.4 Å². The molecule has 2 rings (SSSR count). The lowest BCUT2D eigenvalue weighted by molar-refractivity contribution is 0.176. The monoisotopic (exact) mass is 390 g/mol. The Morgan fingerprint density at radius 1 is 1.32 bits per heavy atom. The fourth-order valence-corrected chi connectivity index (χ4v) is 2.81. The molecule has 0 spiro atoms. The van der Waals surface area contributed by atoms with Crippen LogP contribution in [0.5, 0.6) is 0 Å². The number of aryl methyl sites for hydroxylation is 1. The normalized spacial score (nSPS) is 12.5. The zero-order chi connectivity index (χ0) is 14.0. The van der Waals surface area contributed by atoms with E-state index < -0.39 is 6.10 Å². The summed E-state index contributed by atoms with van der Waals surface area (Å²) in [5, 5.41) is 10.6. The van der Waals surface area contributed by atoms with Crippen molar-refractivity contribution < 1.29 is 9.50 Å². The van der Waals surface area contributed by atoms with Crippen LogP contribution in [0.1, 0.15) is 22.8 Å². The van der Waals surface area contributed by atoms with E-state index in [9.17, 15) is 9.50 Å². The Kier molecular flexibility index (Phi) is 4.81. The smallest absolute Gasteiger partial charge is 0.127 e. The molecule has 2 aromatic carbocycles. The standard InChI is InChI=1S/C15H13ClFIO/c1-9-3-2-4-12(15(9)18)14(19)7-10-5-6-11(16)8-13(10)17/h2-6,8,14,19H,7H2,1H3. The Morgan fingerprint density at radius 2 is 2.05 bits per heavy atom. The Morgan fingerprint density at radius 3 is 2.74 bits per heavy atom. The Balaban J connectivity index is 2.25. The highest BCUT2D eigenvalue weighted by atomic mass is 127. The van der Waals surface area contributed by atoms with Crippen molar-refractivity contribution in [1.29, 1.82) is 0 Å². The van der Waals surface area contributed by atoms with Gasteiger partial charge in [-0.1, -0.05) is 35.9 Å². The summed E-state index contributed by atoms with van der Waals surface area (Å²) in [6.07, 6.45) is -0.481. The molecule has 0 aromatic heterocycles. The molecule has 100 valence electrons. The van der Waals surface area contributed by atoms with Crippen molar-refractivity contribution in [3.8, 4) is 0 Å². The van der Waals surface area contributed by atoms with Gasteiger partial charge in [0.2, 0.25) is 0 Å². The van der Waals surface area contributed by atoms with Crippen LogP contribution in [0.2, 0.25) is 5.02 Å². The molecule has 0 aliphatic rings. The molecule has 4 heteroatoms. The van der Waals surface area contributed by atoms with E-state index in [1.165, 1.54) is 6.07 Å². The average Bonchev–Trinajstić information content (AvgIpc) is 2.36. The van der Waals surface area contributed by atoms with Crippen LogP contribution in [0.25, 0.3) is 0 Å². The molecule has 0 saturated carbocycles. The summed E-state index contributed by atoms with van der Waals surface area (Å²) in [7, 11) is 0. The van der Waals surface area contributed by atoms with Crippen molar-refractivity contribution in [2.24, 2.45) is 0 Å². The molecule has 2 aromatic rings. The minimum absolute atomic E-state index is 0.239. The maximum absolute atomic E-state index is 13.7. The van der Waals surface area contributed by atoms with Gasteiger partial charge in [0.1, 0.15) is 5.82 Å². The van der Waals surface area contributed by atoms with Gasteiger partial charge >= 0.3 is 0 Å². The number of aliphatic hydroxyl groups is 1. The van der Waals surface area contributed by atoms with Crippen molar-refractivity contribution in [2.45, 2.75) is 19.4 Å². The molecule has 1 unspecified atom stereocenters. The van der Waals surface area contributed by atoms with Crippen molar-refractivity contribution >= 4 is 34.2 Å². The summed E-state index contributed by atoms with van der Waals surface area (Å²) in [5.74, 6) is -0.380. The third kappa shape index (κ3) is 3.46. The molecule has 0 bridgehead atoms. The van der Waals surface area contributed by atoms with Crippen LogP contribution < -0.4 is 0 Å². The Hall–Kier alpha value is -0.650. The zero-order valence-corrected chi connectivity index (χ0v) is 13.2. The van der Waals surface area contributed by atoms with Gasteiger partial charge in [0.25, 0.3) is 0 Å². The lowest BCUT2D eigenvalue weighted by Crippen LogP contribution is -2.06. The van der Waals surface area contributed by atoms with E-state index >= 15 is 0 Å². The first kappa shape index (κ1) is 14.8. The molecule has 19 heavy (non-hydrogen) atoms. The maximum atomic E-state index is 13.7. The highest BCUT2D eigenvalue weighted by molar-refractivity contribution is 14.1. The largest absolute Gasteiger partial charge is 0.388 e. The summed E-state index contributed by atoms with van der Waals surface area (Å²) in [4.78, 5) is 0. The number of halogens is 3. The molecule has 0 aliphatic carbocycles. The molecule has 0 amide bonds. The number of benzene rings is 2. The van der Waals surface area contributed by atoms with Crippen LogP contribution in [0.4, 0.5) is 4.39 Å². The van der Waals surface area contributed by atoms with Gasteiger partial charge in [0.15, 0.2) is 0 Å². The second-order valence-corrected chi connectivity index (χ2v) is 5.95. The third-order valence-electron chi connectivity index (χ3n) is 3.01. The van der Waals surface area contributed by atoms with Crippen LogP contribution in [0.3, 0.4) is 0 Å². The molecular weight excluding hydrogens is 378 g/mol. The number of hydrogen-bond acceptors (Lipinski definition) is 1. The van der Waals surface area contributed by atoms with Gasteiger partial charge in [0.05, 0.1) is 6.10 Å². The van der Waals surface area contributed by atoms with Crippen molar-refractivity contribution in [1.82, 2.24) is 0 Å². The SMILES string of the molecule is Cc1cccc(C(O)Cc2ccc(Cl)cc2F)c1I. The van der Waals surface area contributed by atoms with Crippen LogP contribution >= 0.6 is 34.2 Å². The number of rotatable bonds is 3. The minimum atomic E-state index is -0.720. The highest BCUT2D eigenvalue weighted by Crippen LogP contribution is 2.27. The van der Waals surface area contributed by atoms with Gasteiger partial charge in [0, 0.05) is 15.0 Å². The topological polar surface area (TPSA) is 20.2 Å². The average molecular weight is 391 g/mol. The van der Waals surface area contributed by atoms with Crippen molar-refractivity contribution in [2.75, 3.05) is 0 Å². The molecule has 1 nitrogen and oxygen atoms in total. The molecule has 0 heterocycles. The van der Waals surface area contributed by atoms with Crippen molar-refractivity contribution in [3.63, 3.8) is 0 Å². The molecule has 0 fully saturated rings. The lowest BCUT2D eigenvalue weighted by atomic mass is 10.00. The Bertz CT molecular complexity index is 601. The van der Waals surface area contributed by atoms with E-state index in [0.717, 1.165) is 14.7 Å². The fraction of sp³-hybridized carbons (Fsp3) is 0.200. The van der Waals surface area contributed by atoms with E-state index in [2.05, 4.69) is 22.6 Å². The first-order valence-corrected chi connectivity index (χ1v) is 7.31. The molecule has 0 aliphatic heterocycles. The lowest BCUT2D eigenvalue weighted by Gasteiger charge is -2.15. The maximum Gasteiger partial charge on any atom is 0.127 e. The molecular formula is C15H13ClFIO. The van der Waals surface area contributed by atoms with E-state index in [1.807, 2.05) is 25.1 Å². The number of aliphatic hydroxyl groups excluding tert-OH is 1. The van der Waals surface area contributed by atoms with Gasteiger partial charge in [-0.15, -0.1) is 0 Å². The van der Waals surface area contributed by atoms with Crippen LogP contribution in [0, 0.1) is 16.3 Å². The second kappa shape index (κ2) is 6.20. The van der Waals surface area contributed by atoms with E-state index in [0.29, 0.717) is 10.6 Å². The third-order valence-corrected chi connectivity index (χ3v) is 4.72. The van der Waals surface area contributed by atoms with Gasteiger partial charge < -0.3 is 5.11 Å². The van der Waals surface area contributed by atoms with Gasteiger partial charge in [-0.3, -0.25) is 0 Å². The highest BCUT2D eigenvalue weighted by Gasteiger charge is 2.15. The summed E-state index contributed by atoms with van der Waals surface area (Å²) in [5.41, 5.74) is 2.40. The van der Waals surface area contributed by atoms with Crippen LogP contribution in [-0.4, -0.2) is 5.11 Å². The predicted octanol–water partition coefficient (Wildman–Crippen LogP) is 4.67. The summed E-state index contributed by atoms with van der Waals surface area (Å²) < 4.78 is 14.7. The van der Waals surface area contributed by atoms with Gasteiger partial charge in [-0.05, 0) is 58.3 Å². The summed E-state index contributed by atoms with van der Waals surface area (Å²) >= 11 is 7.91. The van der Waals surface area contributed by atoms with Crippen molar-refractivity contribution in [3.05, 3.63) is 67.5 Å². The number of hydrogen-bond donors (Lipinski definition) is 1. The molecule has 1 N–H and O–H groups in total. The van der Waals surface area contributed by atoms with Gasteiger partial charge in [-0.2, -0.15) is 0 Å². The fourth-order valence-electron chi connectivity index (χ4n) is 1.93. The first-order valence-electron chi connectivity index (χ1n) is 5.86. The second-order valence-electron chi connectivity index (χ2n) is 4.43. The summed E-state index contributed by atoms with van der Waals surface area (Å²) in [6, 6.07) is 10.3. The predicted molar refractivity (Wildman–Crippen MR) is 84.0 cm³/mol. The molecule has 0 saturated heterocycles. The molecule has 1 atom stereocenters. The Labute approximate surface area is 130 Å². The zero-order valence-electron chi connectivity index (χ0n) is 10.3. The summed E-state index contributed by atoms with van der Waals surface area (Å²) in [6.45, 7) is 1.99. The minimum Gasteiger partial charge on any atom is -0.388 e. The van der Waals surface area contributed by atoms with Crippen LogP contribution in [-0.2, 0) is 6.42 Å². The van der Waals surface area contributed by atoms with E-state index in [1.54, 1.807) is 12.1 Å². The van der Waals surface area contributed by atoms with E-state index in [4.69, 9.17) is 11.6 Å².